The summed E-state index contributed by atoms with van der Waals surface area (Å²) in [5.74, 6) is 1.86. The van der Waals surface area contributed by atoms with E-state index in [0.29, 0.717) is 17.2 Å². The summed E-state index contributed by atoms with van der Waals surface area (Å²) in [5.41, 5.74) is 3.12. The highest BCUT2D eigenvalue weighted by molar-refractivity contribution is 5.91. The third kappa shape index (κ3) is 7.65. The van der Waals surface area contributed by atoms with Crippen molar-refractivity contribution in [2.75, 3.05) is 0 Å². The molecule has 0 amide bonds. The van der Waals surface area contributed by atoms with Crippen molar-refractivity contribution in [1.29, 1.82) is 0 Å². The van der Waals surface area contributed by atoms with Gasteiger partial charge in [-0.1, -0.05) is 82.4 Å². The van der Waals surface area contributed by atoms with Gasteiger partial charge in [0.25, 0.3) is 0 Å². The molecule has 0 N–H and O–H groups in total. The number of unbranched alkanes of at least 4 members (excludes halogenated alkanes) is 4. The fraction of sp³-hybridized carbons (Fsp3) is 0.500. The molecule has 3 rings (SSSR count). The Morgan fingerprint density at radius 1 is 0.875 bits per heavy atom. The molecular formula is C30H40O2. The molecule has 2 aromatic carbocycles. The number of hydrogen-bond acceptors (Lipinski definition) is 2. The number of rotatable bonds is 11. The molecule has 2 heteroatoms. The van der Waals surface area contributed by atoms with Crippen LogP contribution in [0.25, 0.3) is 6.08 Å². The molecule has 1 fully saturated rings. The maximum absolute atomic E-state index is 12.6. The zero-order chi connectivity index (χ0) is 22.6. The van der Waals surface area contributed by atoms with Crippen LogP contribution < -0.4 is 4.74 Å². The minimum absolute atomic E-state index is 0.289. The average Bonchev–Trinajstić information content (AvgIpc) is 2.83. The zero-order valence-corrected chi connectivity index (χ0v) is 20.0. The monoisotopic (exact) mass is 432 g/mol. The fourth-order valence-corrected chi connectivity index (χ4v) is 4.81. The van der Waals surface area contributed by atoms with Crippen LogP contribution in [0.15, 0.2) is 54.6 Å². The summed E-state index contributed by atoms with van der Waals surface area (Å²) < 4.78 is 5.59. The third-order valence-corrected chi connectivity index (χ3v) is 6.79. The Morgan fingerprint density at radius 2 is 1.59 bits per heavy atom. The van der Waals surface area contributed by atoms with Crippen LogP contribution in [0.5, 0.6) is 5.75 Å². The first-order valence-electron chi connectivity index (χ1n) is 12.8. The van der Waals surface area contributed by atoms with Gasteiger partial charge in [0, 0.05) is 0 Å². The van der Waals surface area contributed by atoms with Crippen molar-refractivity contribution in [3.63, 3.8) is 0 Å². The van der Waals surface area contributed by atoms with E-state index >= 15 is 0 Å². The molecule has 0 aromatic heterocycles. The molecule has 0 unspecified atom stereocenters. The van der Waals surface area contributed by atoms with Crippen LogP contribution in [0.2, 0.25) is 0 Å². The Morgan fingerprint density at radius 3 is 2.25 bits per heavy atom. The summed E-state index contributed by atoms with van der Waals surface area (Å²) in [6.45, 7) is 4.52. The van der Waals surface area contributed by atoms with Crippen molar-refractivity contribution in [2.45, 2.75) is 90.4 Å². The Kier molecular flexibility index (Phi) is 10.1. The Hall–Kier alpha value is -2.35. The summed E-state index contributed by atoms with van der Waals surface area (Å²) in [5, 5.41) is 0. The van der Waals surface area contributed by atoms with Crippen molar-refractivity contribution in [3.8, 4) is 5.75 Å². The number of benzene rings is 2. The lowest BCUT2D eigenvalue weighted by Crippen LogP contribution is -2.13. The van der Waals surface area contributed by atoms with E-state index in [1.807, 2.05) is 36.4 Å². The second kappa shape index (κ2) is 13.3. The van der Waals surface area contributed by atoms with E-state index in [-0.39, 0.29) is 5.97 Å². The van der Waals surface area contributed by atoms with Gasteiger partial charge in [-0.3, -0.25) is 0 Å². The minimum Gasteiger partial charge on any atom is -0.423 e. The fourth-order valence-electron chi connectivity index (χ4n) is 4.81. The lowest BCUT2D eigenvalue weighted by atomic mass is 9.77. The Bertz CT molecular complexity index is 824. The zero-order valence-electron chi connectivity index (χ0n) is 20.0. The van der Waals surface area contributed by atoms with Gasteiger partial charge in [0.15, 0.2) is 0 Å². The maximum atomic E-state index is 12.6. The van der Waals surface area contributed by atoms with E-state index in [9.17, 15) is 4.79 Å². The number of ether oxygens (including phenoxy) is 1. The first kappa shape index (κ1) is 24.3. The molecule has 1 saturated carbocycles. The van der Waals surface area contributed by atoms with Gasteiger partial charge in [-0.05, 0) is 85.8 Å². The minimum atomic E-state index is -0.289. The molecule has 0 atom stereocenters. The number of carbonyl (C=O) groups excluding carboxylic acids is 1. The second-order valence-electron chi connectivity index (χ2n) is 9.34. The van der Waals surface area contributed by atoms with Crippen LogP contribution in [0.1, 0.15) is 112 Å². The SMILES string of the molecule is CCCCCC/C=C/c1ccc(OC(=O)c2ccc(C3CCC(CCC)CC3)cc2)cc1. The van der Waals surface area contributed by atoms with Crippen LogP contribution in [0.3, 0.4) is 0 Å². The van der Waals surface area contributed by atoms with Crippen molar-refractivity contribution >= 4 is 12.0 Å². The maximum Gasteiger partial charge on any atom is 0.343 e. The van der Waals surface area contributed by atoms with Crippen LogP contribution in [-0.2, 0) is 0 Å². The number of allylic oxidation sites excluding steroid dienone is 1. The quantitative estimate of drug-likeness (QED) is 0.201. The van der Waals surface area contributed by atoms with Gasteiger partial charge in [-0.25, -0.2) is 4.79 Å². The molecule has 0 saturated heterocycles. The molecule has 32 heavy (non-hydrogen) atoms. The molecule has 0 heterocycles. The predicted octanol–water partition coefficient (Wildman–Crippen LogP) is 8.96. The molecule has 0 spiro atoms. The summed E-state index contributed by atoms with van der Waals surface area (Å²) >= 11 is 0. The van der Waals surface area contributed by atoms with E-state index in [1.165, 1.54) is 69.8 Å². The van der Waals surface area contributed by atoms with E-state index in [1.54, 1.807) is 0 Å². The topological polar surface area (TPSA) is 26.3 Å². The predicted molar refractivity (Wildman–Crippen MR) is 135 cm³/mol. The van der Waals surface area contributed by atoms with E-state index in [2.05, 4.69) is 38.1 Å². The number of hydrogen-bond donors (Lipinski definition) is 0. The van der Waals surface area contributed by atoms with Crippen molar-refractivity contribution in [1.82, 2.24) is 0 Å². The van der Waals surface area contributed by atoms with Gasteiger partial charge in [-0.15, -0.1) is 0 Å². The van der Waals surface area contributed by atoms with Crippen LogP contribution >= 0.6 is 0 Å². The summed E-state index contributed by atoms with van der Waals surface area (Å²) in [7, 11) is 0. The standard InChI is InChI=1S/C30H40O2/c1-3-5-6-7-8-9-11-25-14-22-29(23-15-25)32-30(31)28-20-18-27(19-21-28)26-16-12-24(10-4-2)13-17-26/h9,11,14-15,18-24,26H,3-8,10,12-13,16-17H2,1-2H3/b11-9+. The highest BCUT2D eigenvalue weighted by Gasteiger charge is 2.22. The normalized spacial score (nSPS) is 18.7. The van der Waals surface area contributed by atoms with E-state index in [0.717, 1.165) is 17.9 Å². The van der Waals surface area contributed by atoms with Gasteiger partial charge >= 0.3 is 5.97 Å². The highest BCUT2D eigenvalue weighted by atomic mass is 16.5. The van der Waals surface area contributed by atoms with Crippen molar-refractivity contribution < 1.29 is 9.53 Å². The van der Waals surface area contributed by atoms with Crippen LogP contribution in [-0.4, -0.2) is 5.97 Å². The largest absolute Gasteiger partial charge is 0.423 e. The van der Waals surface area contributed by atoms with E-state index < -0.39 is 0 Å². The summed E-state index contributed by atoms with van der Waals surface area (Å²) in [6, 6.07) is 15.8. The summed E-state index contributed by atoms with van der Waals surface area (Å²) in [4.78, 5) is 12.6. The first-order valence-corrected chi connectivity index (χ1v) is 12.8. The molecule has 0 aliphatic heterocycles. The molecule has 2 aromatic rings. The molecule has 0 radical (unpaired) electrons. The molecular weight excluding hydrogens is 392 g/mol. The van der Waals surface area contributed by atoms with Crippen molar-refractivity contribution in [3.05, 3.63) is 71.3 Å². The van der Waals surface area contributed by atoms with Crippen LogP contribution in [0, 0.1) is 5.92 Å². The van der Waals surface area contributed by atoms with Gasteiger partial charge in [0.05, 0.1) is 5.56 Å². The van der Waals surface area contributed by atoms with Gasteiger partial charge in [0.2, 0.25) is 0 Å². The van der Waals surface area contributed by atoms with Gasteiger partial charge in [0.1, 0.15) is 5.75 Å². The van der Waals surface area contributed by atoms with Gasteiger partial charge in [-0.2, -0.15) is 0 Å². The molecule has 172 valence electrons. The number of esters is 1. The summed E-state index contributed by atoms with van der Waals surface area (Å²) in [6.07, 6.45) is 18.5. The second-order valence-corrected chi connectivity index (χ2v) is 9.34. The lowest BCUT2D eigenvalue weighted by Gasteiger charge is -2.28. The van der Waals surface area contributed by atoms with E-state index in [4.69, 9.17) is 4.74 Å². The highest BCUT2D eigenvalue weighted by Crippen LogP contribution is 2.37. The molecule has 1 aliphatic rings. The van der Waals surface area contributed by atoms with Crippen molar-refractivity contribution in [2.24, 2.45) is 5.92 Å². The van der Waals surface area contributed by atoms with Gasteiger partial charge < -0.3 is 4.74 Å². The Balaban J connectivity index is 1.47. The van der Waals surface area contributed by atoms with Crippen LogP contribution in [0.4, 0.5) is 0 Å². The average molecular weight is 433 g/mol. The lowest BCUT2D eigenvalue weighted by molar-refractivity contribution is 0.0734. The first-order chi connectivity index (χ1) is 15.7. The Labute approximate surface area is 195 Å². The molecule has 1 aliphatic carbocycles. The molecule has 2 nitrogen and oxygen atoms in total. The number of carbonyl (C=O) groups is 1. The molecule has 0 bridgehead atoms. The third-order valence-electron chi connectivity index (χ3n) is 6.79. The smallest absolute Gasteiger partial charge is 0.343 e.